The number of likely N-dealkylation sites (N-methyl/N-ethyl adjacent to an activating group) is 1. The number of carbonyl (C=O) groups excluding carboxylic acids is 1. The average Bonchev–Trinajstić information content (AvgIpc) is 2.84. The fourth-order valence-electron chi connectivity index (χ4n) is 4.18. The van der Waals surface area contributed by atoms with E-state index < -0.39 is 17.1 Å². The number of ether oxygens (including phenoxy) is 1. The second-order valence-electron chi connectivity index (χ2n) is 7.18. The lowest BCUT2D eigenvalue weighted by atomic mass is 9.76. The molecule has 2 aliphatic heterocycles. The van der Waals surface area contributed by atoms with Gasteiger partial charge in [0.2, 0.25) is 5.72 Å². The van der Waals surface area contributed by atoms with Gasteiger partial charge in [-0.05, 0) is 62.8 Å². The van der Waals surface area contributed by atoms with Crippen molar-refractivity contribution in [1.82, 2.24) is 0 Å². The standard InChI is InChI=1S/C21H22N2O3/c1-4-23-17-10-9-15(19(24)26-22)13-16(17)20(2,3)21(23)12-11-14-7-5-6-8-18(14)25-21/h5-13H,4,22H2,1-3H3. The van der Waals surface area contributed by atoms with Gasteiger partial charge in [0.15, 0.2) is 0 Å². The molecule has 1 unspecified atom stereocenters. The Kier molecular flexibility index (Phi) is 3.59. The lowest BCUT2D eigenvalue weighted by Crippen LogP contribution is -2.59. The van der Waals surface area contributed by atoms with Gasteiger partial charge in [-0.2, -0.15) is 5.90 Å². The molecule has 2 heterocycles. The summed E-state index contributed by atoms with van der Waals surface area (Å²) in [5.74, 6) is 5.38. The monoisotopic (exact) mass is 350 g/mol. The number of nitrogens with zero attached hydrogens (tertiary/aromatic N) is 1. The molecule has 0 aromatic heterocycles. The van der Waals surface area contributed by atoms with Crippen LogP contribution in [0.2, 0.25) is 0 Å². The molecule has 0 radical (unpaired) electrons. The second kappa shape index (κ2) is 5.61. The van der Waals surface area contributed by atoms with Crippen molar-refractivity contribution in [3.8, 4) is 5.75 Å². The van der Waals surface area contributed by atoms with Crippen LogP contribution in [-0.4, -0.2) is 18.2 Å². The minimum atomic E-state index is -0.663. The second-order valence-corrected chi connectivity index (χ2v) is 7.18. The van der Waals surface area contributed by atoms with Gasteiger partial charge in [0.05, 0.1) is 11.0 Å². The number of anilines is 1. The Labute approximate surface area is 153 Å². The summed E-state index contributed by atoms with van der Waals surface area (Å²) in [6.45, 7) is 7.14. The zero-order valence-corrected chi connectivity index (χ0v) is 15.2. The normalized spacial score (nSPS) is 21.9. The topological polar surface area (TPSA) is 64.8 Å². The molecule has 2 N–H and O–H groups in total. The Hall–Kier alpha value is -2.79. The van der Waals surface area contributed by atoms with Crippen molar-refractivity contribution in [2.75, 3.05) is 11.4 Å². The van der Waals surface area contributed by atoms with Crippen LogP contribution in [0.1, 0.15) is 42.3 Å². The highest BCUT2D eigenvalue weighted by molar-refractivity contribution is 5.91. The molecule has 2 aromatic carbocycles. The number of carbonyl (C=O) groups is 1. The first-order chi connectivity index (χ1) is 12.4. The molecular weight excluding hydrogens is 328 g/mol. The van der Waals surface area contributed by atoms with Crippen molar-refractivity contribution < 1.29 is 14.4 Å². The number of para-hydroxylation sites is 1. The summed E-state index contributed by atoms with van der Waals surface area (Å²) in [5.41, 5.74) is 2.53. The summed E-state index contributed by atoms with van der Waals surface area (Å²) in [6, 6.07) is 13.6. The summed E-state index contributed by atoms with van der Waals surface area (Å²) < 4.78 is 6.61. The highest BCUT2D eigenvalue weighted by Crippen LogP contribution is 2.54. The van der Waals surface area contributed by atoms with Gasteiger partial charge < -0.3 is 14.5 Å². The molecule has 1 atom stereocenters. The van der Waals surface area contributed by atoms with Crippen LogP contribution in [0, 0.1) is 0 Å². The number of hydrogen-bond acceptors (Lipinski definition) is 5. The Morgan fingerprint density at radius 3 is 2.73 bits per heavy atom. The van der Waals surface area contributed by atoms with Gasteiger partial charge in [0.1, 0.15) is 5.75 Å². The van der Waals surface area contributed by atoms with Crippen LogP contribution >= 0.6 is 0 Å². The van der Waals surface area contributed by atoms with E-state index in [1.54, 1.807) is 6.07 Å². The molecule has 1 spiro atoms. The zero-order valence-electron chi connectivity index (χ0n) is 15.2. The van der Waals surface area contributed by atoms with Gasteiger partial charge in [-0.15, -0.1) is 0 Å². The van der Waals surface area contributed by atoms with Gasteiger partial charge >= 0.3 is 5.97 Å². The van der Waals surface area contributed by atoms with Gasteiger partial charge in [-0.3, -0.25) is 0 Å². The quantitative estimate of drug-likeness (QED) is 0.838. The predicted molar refractivity (Wildman–Crippen MR) is 101 cm³/mol. The van der Waals surface area contributed by atoms with Crippen molar-refractivity contribution in [1.29, 1.82) is 0 Å². The van der Waals surface area contributed by atoms with Crippen LogP contribution < -0.4 is 15.5 Å². The molecule has 5 nitrogen and oxygen atoms in total. The maximum atomic E-state index is 11.9. The molecule has 4 rings (SSSR count). The third kappa shape index (κ3) is 2.04. The van der Waals surface area contributed by atoms with E-state index in [1.807, 2.05) is 36.4 Å². The number of rotatable bonds is 2. The highest BCUT2D eigenvalue weighted by atomic mass is 16.7. The number of nitrogens with two attached hydrogens (primary N) is 1. The average molecular weight is 350 g/mol. The van der Waals surface area contributed by atoms with E-state index in [2.05, 4.69) is 42.7 Å². The number of benzene rings is 2. The van der Waals surface area contributed by atoms with E-state index in [0.717, 1.165) is 29.1 Å². The Morgan fingerprint density at radius 1 is 1.23 bits per heavy atom. The molecule has 0 saturated carbocycles. The van der Waals surface area contributed by atoms with Crippen molar-refractivity contribution in [3.63, 3.8) is 0 Å². The van der Waals surface area contributed by atoms with Crippen LogP contribution in [-0.2, 0) is 10.3 Å². The largest absolute Gasteiger partial charge is 0.463 e. The van der Waals surface area contributed by atoms with Crippen LogP contribution in [0.25, 0.3) is 6.08 Å². The lowest BCUT2D eigenvalue weighted by molar-refractivity contribution is 0.0498. The summed E-state index contributed by atoms with van der Waals surface area (Å²) in [4.78, 5) is 18.5. The summed E-state index contributed by atoms with van der Waals surface area (Å²) >= 11 is 0. The molecule has 0 fully saturated rings. The lowest BCUT2D eigenvalue weighted by Gasteiger charge is -2.46. The maximum absolute atomic E-state index is 11.9. The fraction of sp³-hybridized carbons (Fsp3) is 0.286. The van der Waals surface area contributed by atoms with Crippen molar-refractivity contribution in [2.45, 2.75) is 31.9 Å². The number of hydrogen-bond donors (Lipinski definition) is 1. The molecule has 26 heavy (non-hydrogen) atoms. The van der Waals surface area contributed by atoms with Gasteiger partial charge in [-0.1, -0.05) is 18.2 Å². The molecule has 0 saturated heterocycles. The first-order valence-corrected chi connectivity index (χ1v) is 8.75. The van der Waals surface area contributed by atoms with Crippen molar-refractivity contribution in [3.05, 3.63) is 65.2 Å². The van der Waals surface area contributed by atoms with Crippen LogP contribution in [0.3, 0.4) is 0 Å². The highest BCUT2D eigenvalue weighted by Gasteiger charge is 2.58. The fourth-order valence-corrected chi connectivity index (χ4v) is 4.18. The minimum absolute atomic E-state index is 0.396. The Morgan fingerprint density at radius 2 is 2.00 bits per heavy atom. The van der Waals surface area contributed by atoms with E-state index in [0.29, 0.717) is 5.56 Å². The first kappa shape index (κ1) is 16.7. The van der Waals surface area contributed by atoms with E-state index in [1.165, 1.54) is 0 Å². The SMILES string of the molecule is CCN1c2ccc(C(=O)ON)cc2C(C)(C)C12C=Cc1ccccc1O2. The van der Waals surface area contributed by atoms with Crippen LogP contribution in [0.15, 0.2) is 48.5 Å². The molecular formula is C21H22N2O3. The van der Waals surface area contributed by atoms with E-state index in [9.17, 15) is 4.79 Å². The minimum Gasteiger partial charge on any atom is -0.463 e. The smallest absolute Gasteiger partial charge is 0.356 e. The zero-order chi connectivity index (χ0) is 18.5. The number of fused-ring (bicyclic) bond motifs is 2. The Balaban J connectivity index is 1.89. The van der Waals surface area contributed by atoms with Gasteiger partial charge in [-0.25, -0.2) is 4.79 Å². The molecule has 0 bridgehead atoms. The molecule has 134 valence electrons. The Bertz CT molecular complexity index is 919. The van der Waals surface area contributed by atoms with Gasteiger partial charge in [0.25, 0.3) is 0 Å². The predicted octanol–water partition coefficient (Wildman–Crippen LogP) is 3.64. The van der Waals surface area contributed by atoms with E-state index in [-0.39, 0.29) is 0 Å². The first-order valence-electron chi connectivity index (χ1n) is 8.75. The summed E-state index contributed by atoms with van der Waals surface area (Å²) in [5, 5.41) is 0. The van der Waals surface area contributed by atoms with Crippen LogP contribution in [0.4, 0.5) is 5.69 Å². The van der Waals surface area contributed by atoms with E-state index in [4.69, 9.17) is 10.6 Å². The third-order valence-corrected chi connectivity index (χ3v) is 5.59. The van der Waals surface area contributed by atoms with Crippen molar-refractivity contribution in [2.24, 2.45) is 5.90 Å². The third-order valence-electron chi connectivity index (χ3n) is 5.59. The molecule has 0 aliphatic carbocycles. The van der Waals surface area contributed by atoms with Crippen LogP contribution in [0.5, 0.6) is 5.75 Å². The molecule has 0 amide bonds. The molecule has 5 heteroatoms. The van der Waals surface area contributed by atoms with Gasteiger partial charge in [0, 0.05) is 17.8 Å². The summed E-state index contributed by atoms with van der Waals surface area (Å²) in [7, 11) is 0. The molecule has 2 aliphatic rings. The molecule has 2 aromatic rings. The van der Waals surface area contributed by atoms with E-state index >= 15 is 0 Å². The summed E-state index contributed by atoms with van der Waals surface area (Å²) in [6.07, 6.45) is 4.24. The van der Waals surface area contributed by atoms with Crippen molar-refractivity contribution >= 4 is 17.7 Å². The maximum Gasteiger partial charge on any atom is 0.356 e.